The van der Waals surface area contributed by atoms with Gasteiger partial charge in [0.2, 0.25) is 0 Å². The normalized spacial score (nSPS) is 11.0. The van der Waals surface area contributed by atoms with E-state index in [1.807, 2.05) is 0 Å². The molecule has 0 unspecified atom stereocenters. The van der Waals surface area contributed by atoms with Gasteiger partial charge in [-0.3, -0.25) is 0 Å². The molecular formula is C10H14FNO4S. The van der Waals surface area contributed by atoms with Crippen molar-refractivity contribution in [1.29, 1.82) is 0 Å². The molecule has 0 aliphatic carbocycles. The SMILES string of the molecule is COc1ccc(NCCS(=O)(=O)F)cc1OC. The first-order chi connectivity index (χ1) is 7.96. The van der Waals surface area contributed by atoms with Gasteiger partial charge in [0.05, 0.1) is 20.0 Å². The Balaban J connectivity index is 2.66. The molecule has 0 saturated heterocycles. The van der Waals surface area contributed by atoms with E-state index in [4.69, 9.17) is 9.47 Å². The zero-order chi connectivity index (χ0) is 12.9. The number of halogens is 1. The summed E-state index contributed by atoms with van der Waals surface area (Å²) in [5.41, 5.74) is 0.631. The van der Waals surface area contributed by atoms with Crippen LogP contribution in [0.2, 0.25) is 0 Å². The van der Waals surface area contributed by atoms with E-state index in [1.54, 1.807) is 18.2 Å². The van der Waals surface area contributed by atoms with Crippen molar-refractivity contribution in [2.75, 3.05) is 31.8 Å². The third-order valence-electron chi connectivity index (χ3n) is 2.06. The molecule has 0 heterocycles. The van der Waals surface area contributed by atoms with E-state index in [2.05, 4.69) is 5.32 Å². The number of benzene rings is 1. The first kappa shape index (κ1) is 13.6. The largest absolute Gasteiger partial charge is 0.493 e. The van der Waals surface area contributed by atoms with Gasteiger partial charge in [-0.25, -0.2) is 0 Å². The number of methoxy groups -OCH3 is 2. The zero-order valence-electron chi connectivity index (χ0n) is 9.57. The number of ether oxygens (including phenoxy) is 2. The van der Waals surface area contributed by atoms with E-state index >= 15 is 0 Å². The third kappa shape index (κ3) is 4.48. The van der Waals surface area contributed by atoms with Crippen molar-refractivity contribution in [3.8, 4) is 11.5 Å². The first-order valence-corrected chi connectivity index (χ1v) is 6.40. The molecule has 1 rings (SSSR count). The van der Waals surface area contributed by atoms with E-state index in [9.17, 15) is 12.3 Å². The van der Waals surface area contributed by atoms with E-state index in [-0.39, 0.29) is 6.54 Å². The minimum atomic E-state index is -4.44. The van der Waals surface area contributed by atoms with Crippen LogP contribution in [0.5, 0.6) is 11.5 Å². The average molecular weight is 263 g/mol. The highest BCUT2D eigenvalue weighted by Gasteiger charge is 2.07. The molecule has 0 radical (unpaired) electrons. The summed E-state index contributed by atoms with van der Waals surface area (Å²) in [7, 11) is -1.43. The summed E-state index contributed by atoms with van der Waals surface area (Å²) in [6.45, 7) is -0.00564. The lowest BCUT2D eigenvalue weighted by Crippen LogP contribution is -2.11. The molecule has 0 amide bonds. The number of anilines is 1. The molecule has 0 saturated carbocycles. The van der Waals surface area contributed by atoms with Crippen molar-refractivity contribution >= 4 is 15.9 Å². The molecule has 0 aromatic heterocycles. The van der Waals surface area contributed by atoms with Crippen LogP contribution in [0.3, 0.4) is 0 Å². The van der Waals surface area contributed by atoms with Gasteiger partial charge in [0.15, 0.2) is 11.5 Å². The van der Waals surface area contributed by atoms with Crippen molar-refractivity contribution in [2.24, 2.45) is 0 Å². The molecule has 96 valence electrons. The summed E-state index contributed by atoms with van der Waals surface area (Å²) >= 11 is 0. The summed E-state index contributed by atoms with van der Waals surface area (Å²) < 4.78 is 42.9. The third-order valence-corrected chi connectivity index (χ3v) is 2.75. The van der Waals surface area contributed by atoms with Crippen LogP contribution in [0.4, 0.5) is 9.57 Å². The number of hydrogen-bond acceptors (Lipinski definition) is 5. The van der Waals surface area contributed by atoms with Crippen LogP contribution in [-0.2, 0) is 10.2 Å². The molecule has 5 nitrogen and oxygen atoms in total. The standard InChI is InChI=1S/C10H14FNO4S/c1-15-9-4-3-8(7-10(9)16-2)12-5-6-17(11,13)14/h3-4,7,12H,5-6H2,1-2H3. The van der Waals surface area contributed by atoms with Crippen LogP contribution < -0.4 is 14.8 Å². The highest BCUT2D eigenvalue weighted by molar-refractivity contribution is 7.86. The van der Waals surface area contributed by atoms with Crippen molar-refractivity contribution in [2.45, 2.75) is 0 Å². The predicted molar refractivity (Wildman–Crippen MR) is 62.9 cm³/mol. The number of hydrogen-bond donors (Lipinski definition) is 1. The second kappa shape index (κ2) is 5.72. The Labute approximate surface area is 99.8 Å². The molecule has 0 atom stereocenters. The van der Waals surface area contributed by atoms with Gasteiger partial charge < -0.3 is 14.8 Å². The van der Waals surface area contributed by atoms with Gasteiger partial charge in [0.1, 0.15) is 0 Å². The fourth-order valence-corrected chi connectivity index (χ4v) is 1.61. The minimum absolute atomic E-state index is 0.00564. The fourth-order valence-electron chi connectivity index (χ4n) is 1.26. The highest BCUT2D eigenvalue weighted by atomic mass is 32.3. The molecular weight excluding hydrogens is 249 g/mol. The molecule has 1 N–H and O–H groups in total. The zero-order valence-corrected chi connectivity index (χ0v) is 10.4. The Morgan fingerprint density at radius 1 is 1.24 bits per heavy atom. The topological polar surface area (TPSA) is 64.6 Å². The lowest BCUT2D eigenvalue weighted by molar-refractivity contribution is 0.355. The molecule has 0 fully saturated rings. The molecule has 1 aromatic rings. The summed E-state index contributed by atoms with van der Waals surface area (Å²) in [4.78, 5) is 0. The van der Waals surface area contributed by atoms with Gasteiger partial charge in [-0.1, -0.05) is 0 Å². The summed E-state index contributed by atoms with van der Waals surface area (Å²) in [6, 6.07) is 5.00. The van der Waals surface area contributed by atoms with Crippen LogP contribution in [0, 0.1) is 0 Å². The van der Waals surface area contributed by atoms with Gasteiger partial charge in [-0.15, -0.1) is 3.89 Å². The highest BCUT2D eigenvalue weighted by Crippen LogP contribution is 2.29. The molecule has 1 aromatic carbocycles. The van der Waals surface area contributed by atoms with Crippen molar-refractivity contribution in [3.05, 3.63) is 18.2 Å². The van der Waals surface area contributed by atoms with E-state index in [0.717, 1.165) is 0 Å². The van der Waals surface area contributed by atoms with Gasteiger partial charge in [-0.05, 0) is 12.1 Å². The Morgan fingerprint density at radius 3 is 2.41 bits per heavy atom. The lowest BCUT2D eigenvalue weighted by atomic mass is 10.2. The Kier molecular flexibility index (Phi) is 4.56. The van der Waals surface area contributed by atoms with Crippen LogP contribution in [0.15, 0.2) is 18.2 Å². The summed E-state index contributed by atoms with van der Waals surface area (Å²) in [5, 5.41) is 2.77. The Morgan fingerprint density at radius 2 is 1.88 bits per heavy atom. The second-order valence-electron chi connectivity index (χ2n) is 3.24. The Bertz CT molecular complexity index is 475. The maximum Gasteiger partial charge on any atom is 0.304 e. The number of nitrogens with one attached hydrogen (secondary N) is 1. The molecule has 0 aliphatic rings. The Hall–Kier alpha value is -1.50. The smallest absolute Gasteiger partial charge is 0.304 e. The molecule has 7 heteroatoms. The van der Waals surface area contributed by atoms with Crippen molar-refractivity contribution in [1.82, 2.24) is 0 Å². The maximum absolute atomic E-state index is 12.2. The van der Waals surface area contributed by atoms with Crippen LogP contribution in [-0.4, -0.2) is 34.9 Å². The second-order valence-corrected chi connectivity index (χ2v) is 4.73. The van der Waals surface area contributed by atoms with Gasteiger partial charge >= 0.3 is 10.2 Å². The van der Waals surface area contributed by atoms with E-state index in [0.29, 0.717) is 17.2 Å². The van der Waals surface area contributed by atoms with Crippen molar-refractivity contribution in [3.63, 3.8) is 0 Å². The molecule has 0 spiro atoms. The minimum Gasteiger partial charge on any atom is -0.493 e. The van der Waals surface area contributed by atoms with E-state index in [1.165, 1.54) is 14.2 Å². The fraction of sp³-hybridized carbons (Fsp3) is 0.400. The van der Waals surface area contributed by atoms with Crippen molar-refractivity contribution < 1.29 is 21.8 Å². The van der Waals surface area contributed by atoms with Crippen LogP contribution in [0.1, 0.15) is 0 Å². The monoisotopic (exact) mass is 263 g/mol. The average Bonchev–Trinajstić information content (AvgIpc) is 2.27. The quantitative estimate of drug-likeness (QED) is 0.786. The molecule has 0 aliphatic heterocycles. The van der Waals surface area contributed by atoms with Gasteiger partial charge in [0, 0.05) is 18.3 Å². The molecule has 0 bridgehead atoms. The van der Waals surface area contributed by atoms with Crippen LogP contribution >= 0.6 is 0 Å². The van der Waals surface area contributed by atoms with Gasteiger partial charge in [-0.2, -0.15) is 8.42 Å². The summed E-state index contributed by atoms with van der Waals surface area (Å²) in [5.74, 6) is 0.512. The summed E-state index contributed by atoms with van der Waals surface area (Å²) in [6.07, 6.45) is 0. The molecule has 17 heavy (non-hydrogen) atoms. The maximum atomic E-state index is 12.2. The first-order valence-electron chi connectivity index (χ1n) is 4.84. The van der Waals surface area contributed by atoms with E-state index < -0.39 is 16.0 Å². The lowest BCUT2D eigenvalue weighted by Gasteiger charge is -2.10. The van der Waals surface area contributed by atoms with Crippen LogP contribution in [0.25, 0.3) is 0 Å². The number of rotatable bonds is 6. The van der Waals surface area contributed by atoms with Gasteiger partial charge in [0.25, 0.3) is 0 Å². The predicted octanol–water partition coefficient (Wildman–Crippen LogP) is 1.41.